The average Bonchev–Trinajstić information content (AvgIpc) is 2.96. The van der Waals surface area contributed by atoms with Gasteiger partial charge in [-0.1, -0.05) is 24.6 Å². The summed E-state index contributed by atoms with van der Waals surface area (Å²) >= 11 is 1.81. The maximum atomic E-state index is 12.9. The van der Waals surface area contributed by atoms with Gasteiger partial charge in [0.25, 0.3) is 0 Å². The molecule has 1 saturated heterocycles. The number of aryl methyl sites for hydroxylation is 2. The van der Waals surface area contributed by atoms with Crippen LogP contribution in [0.25, 0.3) is 10.2 Å². The summed E-state index contributed by atoms with van der Waals surface area (Å²) in [7, 11) is -3.44. The van der Waals surface area contributed by atoms with Crippen molar-refractivity contribution in [3.63, 3.8) is 0 Å². The van der Waals surface area contributed by atoms with Crippen molar-refractivity contribution in [1.82, 2.24) is 14.3 Å². The fourth-order valence-corrected chi connectivity index (χ4v) is 7.04. The van der Waals surface area contributed by atoms with Crippen LogP contribution in [0.1, 0.15) is 29.7 Å². The lowest BCUT2D eigenvalue weighted by Gasteiger charge is -2.35. The number of benzene rings is 1. The highest BCUT2D eigenvalue weighted by molar-refractivity contribution is 7.89. The standard InChI is InChI=1S/C21H24N4O2S2/c26-29(27,16-7-3-1-4-8-16)25-13-11-24(12-14-25)20-19-17-9-5-2-6-10-18(17)28-21(19)23-15-22-20/h1,3-4,7-8,15H,2,5-6,9-14H2. The van der Waals surface area contributed by atoms with Crippen molar-refractivity contribution in [1.29, 1.82) is 0 Å². The van der Waals surface area contributed by atoms with Crippen molar-refractivity contribution in [2.45, 2.75) is 37.0 Å². The van der Waals surface area contributed by atoms with Crippen LogP contribution in [0.3, 0.4) is 0 Å². The van der Waals surface area contributed by atoms with Crippen LogP contribution in [0.4, 0.5) is 5.82 Å². The Morgan fingerprint density at radius 1 is 0.897 bits per heavy atom. The minimum atomic E-state index is -3.44. The van der Waals surface area contributed by atoms with Crippen LogP contribution in [-0.2, 0) is 22.9 Å². The second kappa shape index (κ2) is 7.66. The van der Waals surface area contributed by atoms with Crippen LogP contribution in [0.2, 0.25) is 0 Å². The summed E-state index contributed by atoms with van der Waals surface area (Å²) in [6.45, 7) is 2.22. The molecule has 0 radical (unpaired) electrons. The van der Waals surface area contributed by atoms with Crippen molar-refractivity contribution in [3.05, 3.63) is 47.1 Å². The first-order valence-corrected chi connectivity index (χ1v) is 12.5. The first kappa shape index (κ1) is 19.0. The molecule has 0 amide bonds. The molecular formula is C21H24N4O2S2. The van der Waals surface area contributed by atoms with E-state index in [4.69, 9.17) is 0 Å². The van der Waals surface area contributed by atoms with Crippen LogP contribution in [-0.4, -0.2) is 48.9 Å². The van der Waals surface area contributed by atoms with Gasteiger partial charge in [0.2, 0.25) is 10.0 Å². The fourth-order valence-electron chi connectivity index (χ4n) is 4.37. The number of thiophene rings is 1. The quantitative estimate of drug-likeness (QED) is 0.598. The minimum absolute atomic E-state index is 0.362. The van der Waals surface area contributed by atoms with Gasteiger partial charge in [0, 0.05) is 31.1 Å². The molecule has 0 saturated carbocycles. The van der Waals surface area contributed by atoms with Crippen molar-refractivity contribution in [3.8, 4) is 0 Å². The average molecular weight is 429 g/mol. The summed E-state index contributed by atoms with van der Waals surface area (Å²) in [4.78, 5) is 14.3. The molecule has 2 aromatic heterocycles. The Labute approximate surface area is 175 Å². The Bertz CT molecular complexity index is 1120. The SMILES string of the molecule is O=S(=O)(c1ccccc1)N1CCN(c2ncnc3sc4c(c23)CCCCC4)CC1. The predicted molar refractivity (Wildman–Crippen MR) is 116 cm³/mol. The number of hydrogen-bond donors (Lipinski definition) is 0. The van der Waals surface area contributed by atoms with Crippen LogP contribution in [0.15, 0.2) is 41.6 Å². The molecule has 3 heterocycles. The molecule has 3 aromatic rings. The van der Waals surface area contributed by atoms with E-state index in [0.717, 1.165) is 23.5 Å². The van der Waals surface area contributed by atoms with Gasteiger partial charge in [0.1, 0.15) is 17.0 Å². The molecule has 1 fully saturated rings. The number of fused-ring (bicyclic) bond motifs is 3. The lowest BCUT2D eigenvalue weighted by atomic mass is 10.1. The van der Waals surface area contributed by atoms with Crippen LogP contribution in [0.5, 0.6) is 0 Å². The summed E-state index contributed by atoms with van der Waals surface area (Å²) in [6, 6.07) is 8.69. The van der Waals surface area contributed by atoms with Crippen molar-refractivity contribution < 1.29 is 8.42 Å². The number of aromatic nitrogens is 2. The van der Waals surface area contributed by atoms with Gasteiger partial charge in [0.15, 0.2) is 0 Å². The van der Waals surface area contributed by atoms with E-state index in [1.165, 1.54) is 35.1 Å². The Morgan fingerprint density at radius 3 is 2.45 bits per heavy atom. The zero-order chi connectivity index (χ0) is 19.8. The van der Waals surface area contributed by atoms with E-state index in [1.807, 2.05) is 17.4 Å². The Hall–Kier alpha value is -2.03. The third-order valence-corrected chi connectivity index (χ3v) is 9.01. The molecule has 0 atom stereocenters. The van der Waals surface area contributed by atoms with Gasteiger partial charge in [-0.15, -0.1) is 11.3 Å². The maximum Gasteiger partial charge on any atom is 0.243 e. The van der Waals surface area contributed by atoms with Gasteiger partial charge in [-0.05, 0) is 43.4 Å². The number of nitrogens with zero attached hydrogens (tertiary/aromatic N) is 4. The molecule has 0 bridgehead atoms. The number of rotatable bonds is 3. The molecule has 0 spiro atoms. The van der Waals surface area contributed by atoms with E-state index in [2.05, 4.69) is 14.9 Å². The Balaban J connectivity index is 1.42. The topological polar surface area (TPSA) is 66.4 Å². The molecule has 0 unspecified atom stereocenters. The van der Waals surface area contributed by atoms with Crippen molar-refractivity contribution in [2.75, 3.05) is 31.1 Å². The molecule has 1 aliphatic heterocycles. The molecule has 8 heteroatoms. The van der Waals surface area contributed by atoms with Crippen LogP contribution >= 0.6 is 11.3 Å². The van der Waals surface area contributed by atoms with Gasteiger partial charge < -0.3 is 4.90 Å². The number of piperazine rings is 1. The molecule has 2 aliphatic rings. The zero-order valence-corrected chi connectivity index (χ0v) is 17.9. The smallest absolute Gasteiger partial charge is 0.243 e. The molecule has 5 rings (SSSR count). The molecule has 1 aliphatic carbocycles. The van der Waals surface area contributed by atoms with Crippen molar-refractivity contribution in [2.24, 2.45) is 0 Å². The van der Waals surface area contributed by atoms with Crippen LogP contribution < -0.4 is 4.90 Å². The third-order valence-electron chi connectivity index (χ3n) is 5.90. The first-order chi connectivity index (χ1) is 14.1. The third kappa shape index (κ3) is 3.43. The van der Waals surface area contributed by atoms with E-state index in [1.54, 1.807) is 34.9 Å². The normalized spacial score (nSPS) is 18.6. The molecule has 29 heavy (non-hydrogen) atoms. The van der Waals surface area contributed by atoms with E-state index >= 15 is 0 Å². The maximum absolute atomic E-state index is 12.9. The molecule has 6 nitrogen and oxygen atoms in total. The van der Waals surface area contributed by atoms with Gasteiger partial charge >= 0.3 is 0 Å². The van der Waals surface area contributed by atoms with E-state index < -0.39 is 10.0 Å². The molecular weight excluding hydrogens is 404 g/mol. The minimum Gasteiger partial charge on any atom is -0.353 e. The highest BCUT2D eigenvalue weighted by atomic mass is 32.2. The highest BCUT2D eigenvalue weighted by Gasteiger charge is 2.30. The predicted octanol–water partition coefficient (Wildman–Crippen LogP) is 3.47. The van der Waals surface area contributed by atoms with E-state index in [-0.39, 0.29) is 0 Å². The second-order valence-electron chi connectivity index (χ2n) is 7.65. The van der Waals surface area contributed by atoms with E-state index in [0.29, 0.717) is 31.1 Å². The number of sulfonamides is 1. The lowest BCUT2D eigenvalue weighted by Crippen LogP contribution is -2.49. The number of anilines is 1. The summed E-state index contributed by atoms with van der Waals surface area (Å²) in [5.74, 6) is 0.978. The van der Waals surface area contributed by atoms with Gasteiger partial charge in [0.05, 0.1) is 10.3 Å². The monoisotopic (exact) mass is 428 g/mol. The van der Waals surface area contributed by atoms with Gasteiger partial charge in [-0.25, -0.2) is 18.4 Å². The Kier molecular flexibility index (Phi) is 5.01. The largest absolute Gasteiger partial charge is 0.353 e. The summed E-state index contributed by atoms with van der Waals surface area (Å²) in [5.41, 5.74) is 1.43. The molecule has 0 N–H and O–H groups in total. The molecule has 152 valence electrons. The second-order valence-corrected chi connectivity index (χ2v) is 10.7. The summed E-state index contributed by atoms with van der Waals surface area (Å²) < 4.78 is 27.4. The first-order valence-electron chi connectivity index (χ1n) is 10.2. The van der Waals surface area contributed by atoms with E-state index in [9.17, 15) is 8.42 Å². The highest BCUT2D eigenvalue weighted by Crippen LogP contribution is 2.39. The fraction of sp³-hybridized carbons (Fsp3) is 0.429. The summed E-state index contributed by atoms with van der Waals surface area (Å²) in [6.07, 6.45) is 7.63. The van der Waals surface area contributed by atoms with Crippen molar-refractivity contribution >= 4 is 37.4 Å². The zero-order valence-electron chi connectivity index (χ0n) is 16.2. The number of hydrogen-bond acceptors (Lipinski definition) is 6. The Morgan fingerprint density at radius 2 is 1.66 bits per heavy atom. The summed E-state index contributed by atoms with van der Waals surface area (Å²) in [5, 5.41) is 1.20. The van der Waals surface area contributed by atoms with Crippen LogP contribution in [0, 0.1) is 0 Å². The molecule has 1 aromatic carbocycles. The van der Waals surface area contributed by atoms with Gasteiger partial charge in [-0.3, -0.25) is 0 Å². The lowest BCUT2D eigenvalue weighted by molar-refractivity contribution is 0.384. The van der Waals surface area contributed by atoms with Gasteiger partial charge in [-0.2, -0.15) is 4.31 Å².